The number of aromatic nitrogens is 2. The second-order valence-electron chi connectivity index (χ2n) is 7.89. The zero-order valence-corrected chi connectivity index (χ0v) is 20.9. The van der Waals surface area contributed by atoms with E-state index in [2.05, 4.69) is 9.71 Å². The van der Waals surface area contributed by atoms with Crippen molar-refractivity contribution in [1.82, 2.24) is 14.3 Å². The minimum Gasteiger partial charge on any atom is -0.497 e. The molecule has 1 heterocycles. The summed E-state index contributed by atoms with van der Waals surface area (Å²) in [6, 6.07) is 17.2. The van der Waals surface area contributed by atoms with E-state index in [0.717, 1.165) is 5.56 Å². The van der Waals surface area contributed by atoms with Gasteiger partial charge in [0.25, 0.3) is 5.56 Å². The quantitative estimate of drug-likeness (QED) is 0.378. The van der Waals surface area contributed by atoms with Gasteiger partial charge in [-0.05, 0) is 67.1 Å². The lowest BCUT2D eigenvalue weighted by Gasteiger charge is -2.20. The third kappa shape index (κ3) is 5.23. The number of hydrogen-bond acceptors (Lipinski definition) is 6. The molecule has 1 aromatic heterocycles. The van der Waals surface area contributed by atoms with Crippen molar-refractivity contribution in [3.05, 3.63) is 93.5 Å². The summed E-state index contributed by atoms with van der Waals surface area (Å²) in [5, 5.41) is 0.719. The van der Waals surface area contributed by atoms with Crippen LogP contribution in [0.1, 0.15) is 24.4 Å². The summed E-state index contributed by atoms with van der Waals surface area (Å²) < 4.78 is 40.6. The van der Waals surface area contributed by atoms with Crippen molar-refractivity contribution < 1.29 is 17.9 Å². The Morgan fingerprint density at radius 2 is 1.71 bits per heavy atom. The van der Waals surface area contributed by atoms with Crippen molar-refractivity contribution in [2.45, 2.75) is 24.5 Å². The maximum atomic E-state index is 13.5. The topological polar surface area (TPSA) is 99.5 Å². The highest BCUT2D eigenvalue weighted by molar-refractivity contribution is 7.89. The van der Waals surface area contributed by atoms with Crippen LogP contribution in [-0.2, 0) is 21.4 Å². The van der Waals surface area contributed by atoms with Crippen molar-refractivity contribution in [2.24, 2.45) is 0 Å². The summed E-state index contributed by atoms with van der Waals surface area (Å²) in [5.41, 5.74) is 1.40. The molecule has 4 aromatic rings. The Labute approximate surface area is 208 Å². The zero-order chi connectivity index (χ0) is 25.2. The summed E-state index contributed by atoms with van der Waals surface area (Å²) >= 11 is 6.12. The number of nitrogens with one attached hydrogen (secondary N) is 1. The van der Waals surface area contributed by atoms with Gasteiger partial charge in [0.1, 0.15) is 11.6 Å². The molecule has 0 radical (unpaired) electrons. The van der Waals surface area contributed by atoms with Gasteiger partial charge in [0.2, 0.25) is 10.0 Å². The fraction of sp³-hybridized carbons (Fsp3) is 0.200. The minimum absolute atomic E-state index is 0.0927. The van der Waals surface area contributed by atoms with E-state index in [0.29, 0.717) is 34.0 Å². The van der Waals surface area contributed by atoms with E-state index in [-0.39, 0.29) is 16.3 Å². The second-order valence-corrected chi connectivity index (χ2v) is 10.0. The standard InChI is InChI=1S/C25H24ClN3O5S/c1-16(28-35(31,32)21-11-4-17(5-12-21)15-33-2)24-27-23-13-6-18(26)14-22(23)25(30)29(24)19-7-9-20(34-3)10-8-19/h4-14,16,28H,15H2,1-3H3. The molecule has 10 heteroatoms. The largest absolute Gasteiger partial charge is 0.497 e. The summed E-state index contributed by atoms with van der Waals surface area (Å²) in [4.78, 5) is 18.3. The third-order valence-electron chi connectivity index (χ3n) is 5.45. The van der Waals surface area contributed by atoms with Crippen LogP contribution in [0.5, 0.6) is 5.75 Å². The van der Waals surface area contributed by atoms with Gasteiger partial charge in [0, 0.05) is 12.1 Å². The van der Waals surface area contributed by atoms with Crippen molar-refractivity contribution in [2.75, 3.05) is 14.2 Å². The maximum Gasteiger partial charge on any atom is 0.266 e. The van der Waals surface area contributed by atoms with Gasteiger partial charge >= 0.3 is 0 Å². The van der Waals surface area contributed by atoms with Crippen LogP contribution in [0, 0.1) is 0 Å². The zero-order valence-electron chi connectivity index (χ0n) is 19.4. The summed E-state index contributed by atoms with van der Waals surface area (Å²) in [6.45, 7) is 2.02. The first kappa shape index (κ1) is 24.9. The van der Waals surface area contributed by atoms with E-state index in [9.17, 15) is 13.2 Å². The molecule has 0 bridgehead atoms. The van der Waals surface area contributed by atoms with E-state index < -0.39 is 16.1 Å². The van der Waals surface area contributed by atoms with Crippen molar-refractivity contribution >= 4 is 32.5 Å². The Hall–Kier alpha value is -3.24. The monoisotopic (exact) mass is 513 g/mol. The molecule has 0 aliphatic rings. The van der Waals surface area contributed by atoms with E-state index in [1.54, 1.807) is 75.7 Å². The molecule has 35 heavy (non-hydrogen) atoms. The first-order valence-corrected chi connectivity index (χ1v) is 12.6. The lowest BCUT2D eigenvalue weighted by atomic mass is 10.2. The van der Waals surface area contributed by atoms with Gasteiger partial charge in [-0.3, -0.25) is 9.36 Å². The van der Waals surface area contributed by atoms with Crippen molar-refractivity contribution in [3.63, 3.8) is 0 Å². The Balaban J connectivity index is 1.80. The van der Waals surface area contributed by atoms with Crippen LogP contribution in [0.2, 0.25) is 5.02 Å². The Morgan fingerprint density at radius 1 is 1.03 bits per heavy atom. The smallest absolute Gasteiger partial charge is 0.266 e. The van der Waals surface area contributed by atoms with Crippen molar-refractivity contribution in [1.29, 1.82) is 0 Å². The van der Waals surface area contributed by atoms with E-state index in [4.69, 9.17) is 21.1 Å². The molecule has 0 saturated carbocycles. The molecular formula is C25H24ClN3O5S. The fourth-order valence-electron chi connectivity index (χ4n) is 3.73. The van der Waals surface area contributed by atoms with E-state index >= 15 is 0 Å². The first-order valence-electron chi connectivity index (χ1n) is 10.7. The van der Waals surface area contributed by atoms with Crippen LogP contribution < -0.4 is 15.0 Å². The van der Waals surface area contributed by atoms with Gasteiger partial charge in [-0.15, -0.1) is 0 Å². The highest BCUT2D eigenvalue weighted by atomic mass is 35.5. The van der Waals surface area contributed by atoms with Crippen LogP contribution >= 0.6 is 11.6 Å². The van der Waals surface area contributed by atoms with Gasteiger partial charge in [0.15, 0.2) is 0 Å². The summed E-state index contributed by atoms with van der Waals surface area (Å²) in [6.07, 6.45) is 0. The van der Waals surface area contributed by atoms with Gasteiger partial charge in [-0.2, -0.15) is 0 Å². The molecule has 4 rings (SSSR count). The molecule has 1 unspecified atom stereocenters. The highest BCUT2D eigenvalue weighted by Crippen LogP contribution is 2.23. The Bertz CT molecular complexity index is 1520. The molecule has 182 valence electrons. The summed E-state index contributed by atoms with van der Waals surface area (Å²) in [7, 11) is -0.792. The highest BCUT2D eigenvalue weighted by Gasteiger charge is 2.24. The predicted molar refractivity (Wildman–Crippen MR) is 135 cm³/mol. The second kappa shape index (κ2) is 10.2. The van der Waals surface area contributed by atoms with Crippen molar-refractivity contribution in [3.8, 4) is 11.4 Å². The molecule has 0 aliphatic carbocycles. The molecule has 1 N–H and O–H groups in total. The number of rotatable bonds is 8. The lowest BCUT2D eigenvalue weighted by Crippen LogP contribution is -2.33. The Kier molecular flexibility index (Phi) is 7.23. The number of ether oxygens (including phenoxy) is 2. The number of nitrogens with zero attached hydrogens (tertiary/aromatic N) is 2. The molecule has 0 amide bonds. The van der Waals surface area contributed by atoms with Crippen LogP contribution in [0.3, 0.4) is 0 Å². The molecule has 8 nitrogen and oxygen atoms in total. The lowest BCUT2D eigenvalue weighted by molar-refractivity contribution is 0.185. The number of benzene rings is 3. The van der Waals surface area contributed by atoms with Crippen LogP contribution in [-0.4, -0.2) is 32.2 Å². The van der Waals surface area contributed by atoms with E-state index in [1.807, 2.05) is 0 Å². The van der Waals surface area contributed by atoms with E-state index in [1.165, 1.54) is 16.7 Å². The molecule has 0 spiro atoms. The predicted octanol–water partition coefficient (Wildman–Crippen LogP) is 4.23. The number of hydrogen-bond donors (Lipinski definition) is 1. The molecule has 1 atom stereocenters. The Morgan fingerprint density at radius 3 is 2.34 bits per heavy atom. The van der Waals surface area contributed by atoms with Crippen LogP contribution in [0.15, 0.2) is 76.4 Å². The molecule has 0 saturated heterocycles. The first-order chi connectivity index (χ1) is 16.7. The van der Waals surface area contributed by atoms with Crippen LogP contribution in [0.25, 0.3) is 16.6 Å². The number of halogens is 1. The normalized spacial score (nSPS) is 12.6. The van der Waals surface area contributed by atoms with Gasteiger partial charge in [-0.1, -0.05) is 23.7 Å². The molecule has 3 aromatic carbocycles. The number of sulfonamides is 1. The third-order valence-corrected chi connectivity index (χ3v) is 7.24. The number of methoxy groups -OCH3 is 2. The number of fused-ring (bicyclic) bond motifs is 1. The van der Waals surface area contributed by atoms with Gasteiger partial charge in [-0.25, -0.2) is 18.1 Å². The SMILES string of the molecule is COCc1ccc(S(=O)(=O)NC(C)c2nc3ccc(Cl)cc3c(=O)n2-c2ccc(OC)cc2)cc1. The van der Waals surface area contributed by atoms with Gasteiger partial charge < -0.3 is 9.47 Å². The molecule has 0 aliphatic heterocycles. The average molecular weight is 514 g/mol. The molecular weight excluding hydrogens is 490 g/mol. The van der Waals surface area contributed by atoms with Gasteiger partial charge in [0.05, 0.1) is 41.2 Å². The maximum absolute atomic E-state index is 13.5. The molecule has 0 fully saturated rings. The van der Waals surface area contributed by atoms with Crippen LogP contribution in [0.4, 0.5) is 0 Å². The minimum atomic E-state index is -3.91. The summed E-state index contributed by atoms with van der Waals surface area (Å²) in [5.74, 6) is 0.848. The average Bonchev–Trinajstić information content (AvgIpc) is 2.85. The fourth-order valence-corrected chi connectivity index (χ4v) is 5.10.